The highest BCUT2D eigenvalue weighted by Crippen LogP contribution is 2.30. The molecule has 1 aromatic heterocycles. The molecule has 1 aliphatic rings. The Morgan fingerprint density at radius 1 is 0.882 bits per heavy atom. The lowest BCUT2D eigenvalue weighted by Crippen LogP contribution is -2.54. The first kappa shape index (κ1) is 23.5. The van der Waals surface area contributed by atoms with Crippen molar-refractivity contribution in [2.24, 2.45) is 0 Å². The predicted octanol–water partition coefficient (Wildman–Crippen LogP) is 3.41. The Kier molecular flexibility index (Phi) is 7.27. The van der Waals surface area contributed by atoms with Gasteiger partial charge in [0, 0.05) is 38.6 Å². The molecule has 2 amide bonds. The zero-order chi connectivity index (χ0) is 24.1. The van der Waals surface area contributed by atoms with Crippen molar-refractivity contribution in [3.8, 4) is 0 Å². The summed E-state index contributed by atoms with van der Waals surface area (Å²) in [7, 11) is 0. The molecule has 1 aliphatic heterocycles. The number of hydrogen-bond donors (Lipinski definition) is 1. The molecule has 0 aliphatic carbocycles. The van der Waals surface area contributed by atoms with Crippen molar-refractivity contribution in [2.45, 2.75) is 19.0 Å². The number of halogens is 2. The van der Waals surface area contributed by atoms with Crippen molar-refractivity contribution in [3.05, 3.63) is 101 Å². The minimum absolute atomic E-state index is 0.156. The molecule has 6 nitrogen and oxygen atoms in total. The molecule has 1 saturated heterocycles. The number of carbonyl (C=O) groups excluding carboxylic acids is 2. The van der Waals surface area contributed by atoms with E-state index in [4.69, 9.17) is 0 Å². The van der Waals surface area contributed by atoms with Gasteiger partial charge in [-0.2, -0.15) is 0 Å². The summed E-state index contributed by atoms with van der Waals surface area (Å²) in [5, 5.41) is 2.73. The highest BCUT2D eigenvalue weighted by Gasteiger charge is 2.30. The van der Waals surface area contributed by atoms with E-state index in [-0.39, 0.29) is 29.5 Å². The largest absolute Gasteiger partial charge is 0.340 e. The first-order valence-electron chi connectivity index (χ1n) is 11.2. The van der Waals surface area contributed by atoms with Gasteiger partial charge in [0.1, 0.15) is 17.7 Å². The van der Waals surface area contributed by atoms with Crippen LogP contribution in [0.4, 0.5) is 8.78 Å². The second-order valence-corrected chi connectivity index (χ2v) is 8.30. The van der Waals surface area contributed by atoms with Gasteiger partial charge in [0.2, 0.25) is 5.91 Å². The van der Waals surface area contributed by atoms with Crippen LogP contribution in [0.2, 0.25) is 0 Å². The standard InChI is InChI=1S/C26H26F2N4O2/c1-18(30-25(33)21-3-2-12-29-17-21)26(34)32-15-13-31(14-16-32)24(19-4-8-22(27)9-5-19)20-6-10-23(28)11-7-20/h2-12,17-18,24H,13-16H2,1H3,(H,30,33)/t18-/m1/s1. The lowest BCUT2D eigenvalue weighted by atomic mass is 9.96. The van der Waals surface area contributed by atoms with E-state index >= 15 is 0 Å². The summed E-state index contributed by atoms with van der Waals surface area (Å²) < 4.78 is 27.0. The summed E-state index contributed by atoms with van der Waals surface area (Å²) in [5.41, 5.74) is 2.18. The van der Waals surface area contributed by atoms with E-state index in [0.717, 1.165) is 11.1 Å². The summed E-state index contributed by atoms with van der Waals surface area (Å²) in [5.74, 6) is -1.14. The zero-order valence-electron chi connectivity index (χ0n) is 18.8. The molecule has 1 atom stereocenters. The second kappa shape index (κ2) is 10.5. The van der Waals surface area contributed by atoms with Crippen molar-refractivity contribution in [2.75, 3.05) is 26.2 Å². The van der Waals surface area contributed by atoms with Crippen molar-refractivity contribution in [1.82, 2.24) is 20.1 Å². The number of amides is 2. The van der Waals surface area contributed by atoms with Gasteiger partial charge in [0.15, 0.2) is 0 Å². The number of pyridine rings is 1. The number of nitrogens with one attached hydrogen (secondary N) is 1. The molecule has 3 aromatic rings. The third kappa shape index (κ3) is 5.46. The van der Waals surface area contributed by atoms with Crippen LogP contribution in [0.15, 0.2) is 73.1 Å². The van der Waals surface area contributed by atoms with Gasteiger partial charge in [-0.25, -0.2) is 8.78 Å². The molecule has 0 spiro atoms. The maximum Gasteiger partial charge on any atom is 0.253 e. The number of benzene rings is 2. The molecule has 0 saturated carbocycles. The minimum atomic E-state index is -0.677. The molecule has 0 unspecified atom stereocenters. The maximum absolute atomic E-state index is 13.5. The molecule has 2 heterocycles. The number of carbonyl (C=O) groups is 2. The van der Waals surface area contributed by atoms with Gasteiger partial charge in [-0.1, -0.05) is 24.3 Å². The lowest BCUT2D eigenvalue weighted by Gasteiger charge is -2.40. The lowest BCUT2D eigenvalue weighted by molar-refractivity contribution is -0.134. The number of nitrogens with zero attached hydrogens (tertiary/aromatic N) is 3. The Labute approximate surface area is 197 Å². The molecule has 4 rings (SSSR count). The normalized spacial score (nSPS) is 15.2. The van der Waals surface area contributed by atoms with E-state index in [0.29, 0.717) is 31.7 Å². The van der Waals surface area contributed by atoms with Crippen LogP contribution in [0.25, 0.3) is 0 Å². The third-order valence-corrected chi connectivity index (χ3v) is 6.00. The van der Waals surface area contributed by atoms with Crippen LogP contribution < -0.4 is 5.32 Å². The fraction of sp³-hybridized carbons (Fsp3) is 0.269. The number of piperazine rings is 1. The van der Waals surface area contributed by atoms with E-state index in [9.17, 15) is 18.4 Å². The summed E-state index contributed by atoms with van der Waals surface area (Å²) in [4.78, 5) is 33.2. The van der Waals surface area contributed by atoms with Gasteiger partial charge in [-0.05, 0) is 54.4 Å². The topological polar surface area (TPSA) is 65.5 Å². The first-order valence-corrected chi connectivity index (χ1v) is 11.2. The molecule has 34 heavy (non-hydrogen) atoms. The highest BCUT2D eigenvalue weighted by atomic mass is 19.1. The molecular formula is C26H26F2N4O2. The molecule has 1 N–H and O–H groups in total. The minimum Gasteiger partial charge on any atom is -0.340 e. The van der Waals surface area contributed by atoms with Crippen molar-refractivity contribution in [1.29, 1.82) is 0 Å². The number of hydrogen-bond acceptors (Lipinski definition) is 4. The fourth-order valence-corrected chi connectivity index (χ4v) is 4.22. The quantitative estimate of drug-likeness (QED) is 0.607. The number of rotatable bonds is 6. The fourth-order valence-electron chi connectivity index (χ4n) is 4.22. The van der Waals surface area contributed by atoms with Crippen LogP contribution in [0, 0.1) is 11.6 Å². The average molecular weight is 465 g/mol. The smallest absolute Gasteiger partial charge is 0.253 e. The molecule has 176 valence electrons. The van der Waals surface area contributed by atoms with Gasteiger partial charge in [0.05, 0.1) is 11.6 Å². The molecule has 8 heteroatoms. The Hall–Kier alpha value is -3.65. The Morgan fingerprint density at radius 3 is 1.94 bits per heavy atom. The zero-order valence-corrected chi connectivity index (χ0v) is 18.8. The molecule has 2 aromatic carbocycles. The molecule has 1 fully saturated rings. The summed E-state index contributed by atoms with van der Waals surface area (Å²) in [6.45, 7) is 3.78. The van der Waals surface area contributed by atoms with Crippen LogP contribution in [0.5, 0.6) is 0 Å². The van der Waals surface area contributed by atoms with E-state index in [2.05, 4.69) is 15.2 Å². The van der Waals surface area contributed by atoms with E-state index in [1.807, 2.05) is 0 Å². The van der Waals surface area contributed by atoms with Crippen LogP contribution in [0.3, 0.4) is 0 Å². The summed E-state index contributed by atoms with van der Waals surface area (Å²) >= 11 is 0. The summed E-state index contributed by atoms with van der Waals surface area (Å²) in [6.07, 6.45) is 3.03. The van der Waals surface area contributed by atoms with E-state index in [1.165, 1.54) is 30.5 Å². The van der Waals surface area contributed by atoms with Crippen molar-refractivity contribution < 1.29 is 18.4 Å². The SMILES string of the molecule is C[C@@H](NC(=O)c1cccnc1)C(=O)N1CCN(C(c2ccc(F)cc2)c2ccc(F)cc2)CC1. The average Bonchev–Trinajstić information content (AvgIpc) is 2.87. The van der Waals surface area contributed by atoms with Crippen molar-refractivity contribution in [3.63, 3.8) is 0 Å². The second-order valence-electron chi connectivity index (χ2n) is 8.30. The van der Waals surface area contributed by atoms with Gasteiger partial charge in [-0.3, -0.25) is 19.5 Å². The van der Waals surface area contributed by atoms with E-state index in [1.54, 1.807) is 54.4 Å². The third-order valence-electron chi connectivity index (χ3n) is 6.00. The number of aromatic nitrogens is 1. The van der Waals surface area contributed by atoms with Crippen LogP contribution in [0.1, 0.15) is 34.5 Å². The first-order chi connectivity index (χ1) is 16.4. The van der Waals surface area contributed by atoms with Crippen LogP contribution in [-0.4, -0.2) is 58.8 Å². The predicted molar refractivity (Wildman–Crippen MR) is 124 cm³/mol. The van der Waals surface area contributed by atoms with Gasteiger partial charge < -0.3 is 10.2 Å². The summed E-state index contributed by atoms with van der Waals surface area (Å²) in [6, 6.07) is 15.0. The maximum atomic E-state index is 13.5. The monoisotopic (exact) mass is 464 g/mol. The van der Waals surface area contributed by atoms with E-state index < -0.39 is 6.04 Å². The Morgan fingerprint density at radius 2 is 1.44 bits per heavy atom. The van der Waals surface area contributed by atoms with Crippen LogP contribution in [-0.2, 0) is 4.79 Å². The van der Waals surface area contributed by atoms with Gasteiger partial charge in [-0.15, -0.1) is 0 Å². The highest BCUT2D eigenvalue weighted by molar-refractivity contribution is 5.97. The van der Waals surface area contributed by atoms with Gasteiger partial charge >= 0.3 is 0 Å². The Balaban J connectivity index is 1.42. The van der Waals surface area contributed by atoms with Gasteiger partial charge in [0.25, 0.3) is 5.91 Å². The van der Waals surface area contributed by atoms with Crippen LogP contribution >= 0.6 is 0 Å². The van der Waals surface area contributed by atoms with Crippen molar-refractivity contribution >= 4 is 11.8 Å². The molecule has 0 radical (unpaired) electrons. The molecular weight excluding hydrogens is 438 g/mol. The molecule has 0 bridgehead atoms. The Bertz CT molecular complexity index is 1070.